The van der Waals surface area contributed by atoms with E-state index in [0.29, 0.717) is 11.1 Å². The maximum absolute atomic E-state index is 12.3. The maximum atomic E-state index is 12.3. The van der Waals surface area contributed by atoms with Crippen LogP contribution in [-0.2, 0) is 12.2 Å². The number of aromatic amines is 1. The zero-order valence-corrected chi connectivity index (χ0v) is 16.9. The summed E-state index contributed by atoms with van der Waals surface area (Å²) in [5.41, 5.74) is 2.76. The minimum absolute atomic E-state index is 0.0124. The molecule has 0 unspecified atom stereocenters. The fourth-order valence-electron chi connectivity index (χ4n) is 2.33. The monoisotopic (exact) mass is 410 g/mol. The molecule has 6 heteroatoms. The van der Waals surface area contributed by atoms with Gasteiger partial charge in [0.25, 0.3) is 5.56 Å². The molecule has 0 bridgehead atoms. The van der Waals surface area contributed by atoms with E-state index in [1.54, 1.807) is 7.11 Å². The van der Waals surface area contributed by atoms with Crippen molar-refractivity contribution in [3.05, 3.63) is 49.8 Å². The molecule has 2 aromatic rings. The predicted octanol–water partition coefficient (Wildman–Crippen LogP) is 4.73. The number of nitrogens with one attached hydrogen (secondary N) is 1. The van der Waals surface area contributed by atoms with Gasteiger partial charge in [-0.2, -0.15) is 0 Å². The second-order valence-electron chi connectivity index (χ2n) is 6.13. The van der Waals surface area contributed by atoms with Crippen LogP contribution in [0.2, 0.25) is 0 Å². The summed E-state index contributed by atoms with van der Waals surface area (Å²) in [5, 5.41) is 0.665. The Kier molecular flexibility index (Phi) is 6.92. The first-order valence-electron chi connectivity index (χ1n) is 7.95. The minimum atomic E-state index is -0.0124. The zero-order valence-electron chi connectivity index (χ0n) is 14.5. The molecule has 0 saturated carbocycles. The van der Waals surface area contributed by atoms with E-state index in [1.807, 2.05) is 25.1 Å². The van der Waals surface area contributed by atoms with Crippen molar-refractivity contribution in [2.45, 2.75) is 44.5 Å². The minimum Gasteiger partial charge on any atom is -0.496 e. The Balaban J connectivity index is 2.08. The van der Waals surface area contributed by atoms with E-state index in [4.69, 9.17) is 4.74 Å². The van der Waals surface area contributed by atoms with Gasteiger partial charge in [-0.3, -0.25) is 4.79 Å². The van der Waals surface area contributed by atoms with Gasteiger partial charge in [-0.25, -0.2) is 4.98 Å². The Morgan fingerprint density at radius 1 is 1.38 bits per heavy atom. The quantitative estimate of drug-likeness (QED) is 0.529. The lowest BCUT2D eigenvalue weighted by molar-refractivity contribution is 0.412. The number of benzene rings is 1. The molecule has 1 aromatic heterocycles. The van der Waals surface area contributed by atoms with E-state index in [0.717, 1.165) is 45.6 Å². The Labute approximate surface area is 155 Å². The molecule has 0 aliphatic heterocycles. The molecule has 0 radical (unpaired) electrons. The number of halogens is 1. The number of rotatable bonds is 7. The highest BCUT2D eigenvalue weighted by molar-refractivity contribution is 9.10. The van der Waals surface area contributed by atoms with Crippen LogP contribution in [0, 0.1) is 12.8 Å². The fraction of sp³-hybridized carbons (Fsp3) is 0.444. The Morgan fingerprint density at radius 3 is 2.71 bits per heavy atom. The molecule has 0 aliphatic carbocycles. The van der Waals surface area contributed by atoms with Crippen LogP contribution >= 0.6 is 27.7 Å². The molecule has 1 aromatic carbocycles. The van der Waals surface area contributed by atoms with Crippen molar-refractivity contribution in [1.82, 2.24) is 9.97 Å². The third-order valence-electron chi connectivity index (χ3n) is 3.76. The van der Waals surface area contributed by atoms with Gasteiger partial charge in [-0.15, -0.1) is 0 Å². The van der Waals surface area contributed by atoms with Crippen LogP contribution in [0.4, 0.5) is 0 Å². The summed E-state index contributed by atoms with van der Waals surface area (Å²) in [6.07, 6.45) is 1.78. The van der Waals surface area contributed by atoms with Crippen LogP contribution in [0.3, 0.4) is 0 Å². The van der Waals surface area contributed by atoms with Gasteiger partial charge in [0.05, 0.1) is 11.6 Å². The molecule has 4 nitrogen and oxygen atoms in total. The Hall–Kier alpha value is -1.27. The van der Waals surface area contributed by atoms with Crippen molar-refractivity contribution in [2.24, 2.45) is 5.92 Å². The van der Waals surface area contributed by atoms with Crippen molar-refractivity contribution < 1.29 is 4.74 Å². The Bertz CT molecular complexity index is 759. The van der Waals surface area contributed by atoms with Crippen molar-refractivity contribution in [2.75, 3.05) is 7.11 Å². The van der Waals surface area contributed by atoms with Gasteiger partial charge in [0.1, 0.15) is 5.75 Å². The standard InChI is InChI=1S/C18H23BrN2O2S/c1-11(2)5-7-14-12(3)20-18(21-17(14)22)24-10-13-6-8-16(23-4)15(19)9-13/h6,8-9,11H,5,7,10H2,1-4H3,(H,20,21,22). The fourth-order valence-corrected chi connectivity index (χ4v) is 3.77. The highest BCUT2D eigenvalue weighted by Crippen LogP contribution is 2.28. The smallest absolute Gasteiger partial charge is 0.254 e. The lowest BCUT2D eigenvalue weighted by atomic mass is 10.0. The molecule has 0 aliphatic rings. The molecule has 1 heterocycles. The third-order valence-corrected chi connectivity index (χ3v) is 5.33. The highest BCUT2D eigenvalue weighted by Gasteiger charge is 2.10. The first kappa shape index (κ1) is 19.1. The van der Waals surface area contributed by atoms with Crippen LogP contribution in [0.1, 0.15) is 37.1 Å². The summed E-state index contributed by atoms with van der Waals surface area (Å²) >= 11 is 5.02. The summed E-state index contributed by atoms with van der Waals surface area (Å²) < 4.78 is 6.15. The number of thioether (sulfide) groups is 1. The van der Waals surface area contributed by atoms with Gasteiger partial charge in [-0.1, -0.05) is 31.7 Å². The van der Waals surface area contributed by atoms with Gasteiger partial charge in [0, 0.05) is 17.0 Å². The summed E-state index contributed by atoms with van der Waals surface area (Å²) in [4.78, 5) is 19.8. The average Bonchev–Trinajstić information content (AvgIpc) is 2.52. The summed E-state index contributed by atoms with van der Waals surface area (Å²) in [6, 6.07) is 5.96. The van der Waals surface area contributed by atoms with E-state index in [9.17, 15) is 4.79 Å². The van der Waals surface area contributed by atoms with Gasteiger partial charge in [0.15, 0.2) is 5.16 Å². The predicted molar refractivity (Wildman–Crippen MR) is 103 cm³/mol. The molecule has 0 fully saturated rings. The number of hydrogen-bond donors (Lipinski definition) is 1. The topological polar surface area (TPSA) is 55.0 Å². The summed E-state index contributed by atoms with van der Waals surface area (Å²) in [5.74, 6) is 2.11. The number of hydrogen-bond acceptors (Lipinski definition) is 4. The first-order valence-corrected chi connectivity index (χ1v) is 9.73. The van der Waals surface area contributed by atoms with Crippen molar-refractivity contribution >= 4 is 27.7 Å². The van der Waals surface area contributed by atoms with Gasteiger partial charge >= 0.3 is 0 Å². The maximum Gasteiger partial charge on any atom is 0.254 e. The molecule has 2 rings (SSSR count). The Morgan fingerprint density at radius 2 is 2.12 bits per heavy atom. The first-order chi connectivity index (χ1) is 11.4. The van der Waals surface area contributed by atoms with Crippen molar-refractivity contribution in [3.8, 4) is 5.75 Å². The molecular weight excluding hydrogens is 388 g/mol. The van der Waals surface area contributed by atoms with Crippen molar-refractivity contribution in [1.29, 1.82) is 0 Å². The van der Waals surface area contributed by atoms with Crippen LogP contribution in [-0.4, -0.2) is 17.1 Å². The van der Waals surface area contributed by atoms with E-state index >= 15 is 0 Å². The number of methoxy groups -OCH3 is 1. The number of aryl methyl sites for hydroxylation is 1. The lowest BCUT2D eigenvalue weighted by Crippen LogP contribution is -2.17. The largest absolute Gasteiger partial charge is 0.496 e. The van der Waals surface area contributed by atoms with Gasteiger partial charge in [0.2, 0.25) is 0 Å². The van der Waals surface area contributed by atoms with E-state index in [-0.39, 0.29) is 5.56 Å². The second kappa shape index (κ2) is 8.72. The molecule has 0 amide bonds. The summed E-state index contributed by atoms with van der Waals surface area (Å²) in [7, 11) is 1.65. The van der Waals surface area contributed by atoms with E-state index in [1.165, 1.54) is 11.8 Å². The average molecular weight is 411 g/mol. The van der Waals surface area contributed by atoms with Crippen molar-refractivity contribution in [3.63, 3.8) is 0 Å². The number of ether oxygens (including phenoxy) is 1. The molecule has 130 valence electrons. The SMILES string of the molecule is COc1ccc(CSc2nc(C)c(CCC(C)C)c(=O)[nH]2)cc1Br. The lowest BCUT2D eigenvalue weighted by Gasteiger charge is -2.09. The van der Waals surface area contributed by atoms with Crippen LogP contribution in [0.15, 0.2) is 32.6 Å². The highest BCUT2D eigenvalue weighted by atomic mass is 79.9. The number of H-pyrrole nitrogens is 1. The molecule has 0 atom stereocenters. The van der Waals surface area contributed by atoms with E-state index < -0.39 is 0 Å². The number of nitrogens with zero attached hydrogens (tertiary/aromatic N) is 1. The van der Waals surface area contributed by atoms with Crippen LogP contribution in [0.25, 0.3) is 0 Å². The third kappa shape index (κ3) is 5.11. The van der Waals surface area contributed by atoms with E-state index in [2.05, 4.69) is 39.7 Å². The zero-order chi connectivity index (χ0) is 17.7. The van der Waals surface area contributed by atoms with Gasteiger partial charge in [-0.05, 0) is 59.3 Å². The normalized spacial score (nSPS) is 11.1. The number of aromatic nitrogens is 2. The molecular formula is C18H23BrN2O2S. The van der Waals surface area contributed by atoms with Crippen LogP contribution in [0.5, 0.6) is 5.75 Å². The van der Waals surface area contributed by atoms with Crippen LogP contribution < -0.4 is 10.3 Å². The second-order valence-corrected chi connectivity index (χ2v) is 7.94. The molecule has 1 N–H and O–H groups in total. The molecule has 24 heavy (non-hydrogen) atoms. The summed E-state index contributed by atoms with van der Waals surface area (Å²) in [6.45, 7) is 6.24. The van der Waals surface area contributed by atoms with Gasteiger partial charge < -0.3 is 9.72 Å². The molecule has 0 spiro atoms. The molecule has 0 saturated heterocycles.